The van der Waals surface area contributed by atoms with Crippen molar-refractivity contribution in [2.75, 3.05) is 11.6 Å². The summed E-state index contributed by atoms with van der Waals surface area (Å²) in [7, 11) is -3.30. The molecule has 0 spiro atoms. The van der Waals surface area contributed by atoms with E-state index in [0.717, 1.165) is 6.26 Å². The Labute approximate surface area is 108 Å². The molecule has 2 rings (SSSR count). The second-order valence-corrected chi connectivity index (χ2v) is 5.66. The Morgan fingerprint density at radius 2 is 2.00 bits per heavy atom. The van der Waals surface area contributed by atoms with Crippen LogP contribution in [0.4, 0.5) is 11.6 Å². The van der Waals surface area contributed by atoms with Crippen molar-refractivity contribution in [2.45, 2.75) is 5.03 Å². The predicted octanol–water partition coefficient (Wildman–Crippen LogP) is 1.07. The summed E-state index contributed by atoms with van der Waals surface area (Å²) < 4.78 is 22.4. The van der Waals surface area contributed by atoms with Gasteiger partial charge in [-0.25, -0.2) is 23.4 Å². The van der Waals surface area contributed by atoms with Crippen molar-refractivity contribution < 1.29 is 8.42 Å². The lowest BCUT2D eigenvalue weighted by atomic mass is 10.4. The first-order valence-corrected chi connectivity index (χ1v) is 7.00. The molecule has 2 heterocycles. The molecule has 9 heteroatoms. The van der Waals surface area contributed by atoms with Crippen molar-refractivity contribution in [2.24, 2.45) is 0 Å². The zero-order valence-electron chi connectivity index (χ0n) is 9.20. The van der Waals surface area contributed by atoms with Gasteiger partial charge in [0.15, 0.2) is 14.9 Å². The Morgan fingerprint density at radius 3 is 2.56 bits per heavy atom. The van der Waals surface area contributed by atoms with Gasteiger partial charge in [0, 0.05) is 6.26 Å². The van der Waals surface area contributed by atoms with Crippen molar-refractivity contribution >= 4 is 33.1 Å². The molecule has 0 aliphatic rings. The number of sulfone groups is 1. The van der Waals surface area contributed by atoms with Gasteiger partial charge in [0.2, 0.25) is 11.2 Å². The van der Waals surface area contributed by atoms with Crippen LogP contribution in [0, 0.1) is 0 Å². The summed E-state index contributed by atoms with van der Waals surface area (Å²) in [5, 5.41) is 2.88. The van der Waals surface area contributed by atoms with E-state index < -0.39 is 9.84 Å². The minimum atomic E-state index is -3.30. The molecular weight excluding hydrogens is 278 g/mol. The fraction of sp³-hybridized carbons (Fsp3) is 0.111. The highest BCUT2D eigenvalue weighted by Crippen LogP contribution is 2.14. The van der Waals surface area contributed by atoms with E-state index in [0.29, 0.717) is 5.69 Å². The molecule has 0 unspecified atom stereocenters. The fourth-order valence-electron chi connectivity index (χ4n) is 1.14. The summed E-state index contributed by atoms with van der Waals surface area (Å²) in [6.07, 6.45) is 3.72. The molecule has 0 aliphatic heterocycles. The SMILES string of the molecule is CS(=O)(=O)c1ccc(Nc2ncnc(Cl)n2)cn1. The van der Waals surface area contributed by atoms with E-state index in [2.05, 4.69) is 25.3 Å². The van der Waals surface area contributed by atoms with E-state index in [-0.39, 0.29) is 16.3 Å². The maximum Gasteiger partial charge on any atom is 0.231 e. The maximum absolute atomic E-state index is 11.2. The number of hydrogen-bond donors (Lipinski definition) is 1. The van der Waals surface area contributed by atoms with Crippen LogP contribution in [0.25, 0.3) is 0 Å². The van der Waals surface area contributed by atoms with E-state index in [1.165, 1.54) is 18.6 Å². The van der Waals surface area contributed by atoms with Crippen molar-refractivity contribution in [3.05, 3.63) is 29.9 Å². The van der Waals surface area contributed by atoms with Crippen LogP contribution in [0.3, 0.4) is 0 Å². The second kappa shape index (κ2) is 4.83. The van der Waals surface area contributed by atoms with Crippen LogP contribution in [0.2, 0.25) is 5.28 Å². The molecule has 0 aromatic carbocycles. The Morgan fingerprint density at radius 1 is 1.22 bits per heavy atom. The van der Waals surface area contributed by atoms with Gasteiger partial charge in [0.1, 0.15) is 6.33 Å². The number of hydrogen-bond acceptors (Lipinski definition) is 7. The lowest BCUT2D eigenvalue weighted by Gasteiger charge is -2.04. The molecule has 2 aromatic rings. The molecule has 0 radical (unpaired) electrons. The van der Waals surface area contributed by atoms with E-state index in [9.17, 15) is 8.42 Å². The molecule has 0 saturated carbocycles. The van der Waals surface area contributed by atoms with Gasteiger partial charge in [0.25, 0.3) is 0 Å². The largest absolute Gasteiger partial charge is 0.323 e. The number of halogens is 1. The van der Waals surface area contributed by atoms with E-state index in [4.69, 9.17) is 11.6 Å². The Balaban J connectivity index is 2.21. The lowest BCUT2D eigenvalue weighted by Crippen LogP contribution is -2.02. The first kappa shape index (κ1) is 12.7. The Hall–Kier alpha value is -1.80. The molecule has 0 bridgehead atoms. The molecule has 0 saturated heterocycles. The number of aromatic nitrogens is 4. The summed E-state index contributed by atoms with van der Waals surface area (Å²) in [4.78, 5) is 15.1. The summed E-state index contributed by atoms with van der Waals surface area (Å²) in [5.74, 6) is 0.254. The number of anilines is 2. The van der Waals surface area contributed by atoms with E-state index in [1.54, 1.807) is 6.07 Å². The van der Waals surface area contributed by atoms with Crippen LogP contribution in [0.1, 0.15) is 0 Å². The standard InChI is InChI=1S/C9H8ClN5O2S/c1-18(16,17)7-3-2-6(4-11-7)14-9-13-5-12-8(10)15-9/h2-5H,1H3,(H,12,13,14,15). The quantitative estimate of drug-likeness (QED) is 0.900. The molecule has 0 atom stereocenters. The fourth-order valence-corrected chi connectivity index (χ4v) is 1.82. The van der Waals surface area contributed by atoms with Gasteiger partial charge >= 0.3 is 0 Å². The van der Waals surface area contributed by atoms with Crippen LogP contribution < -0.4 is 5.32 Å². The van der Waals surface area contributed by atoms with Crippen LogP contribution in [0.15, 0.2) is 29.7 Å². The third kappa shape index (κ3) is 3.11. The highest BCUT2D eigenvalue weighted by Gasteiger charge is 2.08. The zero-order chi connectivity index (χ0) is 13.2. The number of nitrogens with zero attached hydrogens (tertiary/aromatic N) is 4. The second-order valence-electron chi connectivity index (χ2n) is 3.36. The van der Waals surface area contributed by atoms with E-state index >= 15 is 0 Å². The molecule has 94 valence electrons. The lowest BCUT2D eigenvalue weighted by molar-refractivity contribution is 0.598. The highest BCUT2D eigenvalue weighted by molar-refractivity contribution is 7.90. The Kier molecular flexibility index (Phi) is 3.39. The Bertz CT molecular complexity index is 659. The normalized spacial score (nSPS) is 11.2. The van der Waals surface area contributed by atoms with Gasteiger partial charge in [-0.15, -0.1) is 0 Å². The van der Waals surface area contributed by atoms with Crippen molar-refractivity contribution in [3.63, 3.8) is 0 Å². The third-order valence-corrected chi connectivity index (χ3v) is 3.10. The molecule has 0 fully saturated rings. The molecular formula is C9H8ClN5O2S. The summed E-state index contributed by atoms with van der Waals surface area (Å²) in [6.45, 7) is 0. The molecule has 7 nitrogen and oxygen atoms in total. The van der Waals surface area contributed by atoms with Crippen LogP contribution in [0.5, 0.6) is 0 Å². The van der Waals surface area contributed by atoms with Crippen LogP contribution in [-0.2, 0) is 9.84 Å². The van der Waals surface area contributed by atoms with Crippen molar-refractivity contribution in [3.8, 4) is 0 Å². The van der Waals surface area contributed by atoms with Crippen LogP contribution in [-0.4, -0.2) is 34.6 Å². The average Bonchev–Trinajstić information content (AvgIpc) is 2.28. The average molecular weight is 286 g/mol. The van der Waals surface area contributed by atoms with Crippen molar-refractivity contribution in [1.82, 2.24) is 19.9 Å². The number of rotatable bonds is 3. The number of nitrogens with one attached hydrogen (secondary N) is 1. The predicted molar refractivity (Wildman–Crippen MR) is 65.5 cm³/mol. The maximum atomic E-state index is 11.2. The smallest absolute Gasteiger partial charge is 0.231 e. The van der Waals surface area contributed by atoms with Gasteiger partial charge in [-0.3, -0.25) is 0 Å². The first-order valence-electron chi connectivity index (χ1n) is 4.73. The van der Waals surface area contributed by atoms with Gasteiger partial charge < -0.3 is 5.32 Å². The van der Waals surface area contributed by atoms with Gasteiger partial charge in [-0.1, -0.05) is 0 Å². The van der Waals surface area contributed by atoms with Gasteiger partial charge in [-0.05, 0) is 23.7 Å². The molecule has 2 aromatic heterocycles. The molecule has 18 heavy (non-hydrogen) atoms. The minimum absolute atomic E-state index is 0.00160. The molecule has 1 N–H and O–H groups in total. The zero-order valence-corrected chi connectivity index (χ0v) is 10.8. The minimum Gasteiger partial charge on any atom is -0.323 e. The molecule has 0 aliphatic carbocycles. The monoisotopic (exact) mass is 285 g/mol. The van der Waals surface area contributed by atoms with Gasteiger partial charge in [-0.2, -0.15) is 4.98 Å². The van der Waals surface area contributed by atoms with Gasteiger partial charge in [0.05, 0.1) is 11.9 Å². The summed E-state index contributed by atoms with van der Waals surface area (Å²) in [5.41, 5.74) is 0.546. The number of pyridine rings is 1. The summed E-state index contributed by atoms with van der Waals surface area (Å²) >= 11 is 5.60. The topological polar surface area (TPSA) is 97.7 Å². The van der Waals surface area contributed by atoms with E-state index in [1.807, 2.05) is 0 Å². The third-order valence-electron chi connectivity index (χ3n) is 1.91. The van der Waals surface area contributed by atoms with Crippen molar-refractivity contribution in [1.29, 1.82) is 0 Å². The molecule has 0 amide bonds. The van der Waals surface area contributed by atoms with Crippen LogP contribution >= 0.6 is 11.6 Å². The highest BCUT2D eigenvalue weighted by atomic mass is 35.5. The summed E-state index contributed by atoms with van der Waals surface area (Å²) in [6, 6.07) is 2.95. The first-order chi connectivity index (χ1) is 8.45.